The van der Waals surface area contributed by atoms with Crippen molar-refractivity contribution < 1.29 is 19.1 Å². The van der Waals surface area contributed by atoms with Gasteiger partial charge in [-0.2, -0.15) is 0 Å². The molecule has 0 aliphatic carbocycles. The van der Waals surface area contributed by atoms with Crippen molar-refractivity contribution in [1.82, 2.24) is 5.32 Å². The minimum Gasteiger partial charge on any atom is -0.466 e. The molecule has 1 aliphatic rings. The van der Waals surface area contributed by atoms with Crippen LogP contribution in [0.15, 0.2) is 36.4 Å². The minimum absolute atomic E-state index is 0.0908. The molecule has 0 radical (unpaired) electrons. The van der Waals surface area contributed by atoms with Gasteiger partial charge in [0.15, 0.2) is 0 Å². The van der Waals surface area contributed by atoms with Crippen LogP contribution in [0.1, 0.15) is 18.1 Å². The zero-order valence-corrected chi connectivity index (χ0v) is 13.0. The van der Waals surface area contributed by atoms with Crippen LogP contribution in [0.25, 0.3) is 0 Å². The molecule has 5 nitrogen and oxygen atoms in total. The van der Waals surface area contributed by atoms with Crippen molar-refractivity contribution in [2.24, 2.45) is 5.92 Å². The quantitative estimate of drug-likeness (QED) is 0.667. The van der Waals surface area contributed by atoms with Gasteiger partial charge in [-0.3, -0.25) is 4.79 Å². The molecule has 22 heavy (non-hydrogen) atoms. The highest BCUT2D eigenvalue weighted by molar-refractivity contribution is 6.30. The first-order chi connectivity index (χ1) is 10.6. The molecule has 2 rings (SSSR count). The molecule has 1 N–H and O–H groups in total. The van der Waals surface area contributed by atoms with Crippen LogP contribution in [0.5, 0.6) is 0 Å². The second-order valence-electron chi connectivity index (χ2n) is 4.91. The molecule has 1 heterocycles. The van der Waals surface area contributed by atoms with E-state index in [9.17, 15) is 9.59 Å². The summed E-state index contributed by atoms with van der Waals surface area (Å²) in [4.78, 5) is 23.2. The Morgan fingerprint density at radius 1 is 1.41 bits per heavy atom. The summed E-state index contributed by atoms with van der Waals surface area (Å²) in [5.41, 5.74) is 0.937. The second kappa shape index (κ2) is 7.96. The van der Waals surface area contributed by atoms with Gasteiger partial charge in [0.05, 0.1) is 19.1 Å². The third-order valence-electron chi connectivity index (χ3n) is 3.48. The van der Waals surface area contributed by atoms with Gasteiger partial charge in [-0.1, -0.05) is 29.8 Å². The average Bonchev–Trinajstić information content (AvgIpc) is 3.01. The lowest BCUT2D eigenvalue weighted by atomic mass is 9.94. The van der Waals surface area contributed by atoms with E-state index in [0.717, 1.165) is 5.56 Å². The van der Waals surface area contributed by atoms with Crippen LogP contribution in [0.3, 0.4) is 0 Å². The maximum absolute atomic E-state index is 12.2. The molecule has 0 saturated carbocycles. The summed E-state index contributed by atoms with van der Waals surface area (Å²) in [5.74, 6) is -0.780. The fourth-order valence-electron chi connectivity index (χ4n) is 2.35. The summed E-state index contributed by atoms with van der Waals surface area (Å²) in [7, 11) is 1.30. The van der Waals surface area contributed by atoms with E-state index in [0.29, 0.717) is 18.1 Å². The van der Waals surface area contributed by atoms with Gasteiger partial charge in [0, 0.05) is 24.3 Å². The normalized spacial score (nSPS) is 21.0. The number of amides is 1. The van der Waals surface area contributed by atoms with E-state index < -0.39 is 5.97 Å². The van der Waals surface area contributed by atoms with Crippen LogP contribution in [0.4, 0.5) is 0 Å². The molecule has 1 amide bonds. The van der Waals surface area contributed by atoms with Crippen LogP contribution in [-0.2, 0) is 19.1 Å². The summed E-state index contributed by atoms with van der Waals surface area (Å²) in [6.45, 7) is 0.821. The van der Waals surface area contributed by atoms with Gasteiger partial charge in [0.25, 0.3) is 0 Å². The lowest BCUT2D eigenvalue weighted by molar-refractivity contribution is -0.135. The van der Waals surface area contributed by atoms with Crippen molar-refractivity contribution in [1.29, 1.82) is 0 Å². The molecule has 6 heteroatoms. The number of hydrogen-bond donors (Lipinski definition) is 1. The Balaban J connectivity index is 1.92. The summed E-state index contributed by atoms with van der Waals surface area (Å²) >= 11 is 5.87. The van der Waals surface area contributed by atoms with Crippen molar-refractivity contribution in [3.8, 4) is 0 Å². The van der Waals surface area contributed by atoms with Crippen molar-refractivity contribution in [2.75, 3.05) is 20.3 Å². The molecule has 0 spiro atoms. The number of esters is 1. The van der Waals surface area contributed by atoms with E-state index in [1.54, 1.807) is 18.2 Å². The fraction of sp³-hybridized carbons (Fsp3) is 0.375. The first-order valence-electron chi connectivity index (χ1n) is 7.01. The molecule has 1 aromatic rings. The fourth-order valence-corrected chi connectivity index (χ4v) is 2.48. The maximum atomic E-state index is 12.2. The third kappa shape index (κ3) is 4.32. The molecule has 1 aliphatic heterocycles. The molecule has 1 aromatic carbocycles. The Morgan fingerprint density at radius 2 is 2.14 bits per heavy atom. The number of nitrogens with one attached hydrogen (secondary N) is 1. The monoisotopic (exact) mass is 323 g/mol. The molecule has 0 bridgehead atoms. The van der Waals surface area contributed by atoms with Crippen molar-refractivity contribution >= 4 is 23.5 Å². The first-order valence-corrected chi connectivity index (χ1v) is 7.39. The van der Waals surface area contributed by atoms with Gasteiger partial charge < -0.3 is 14.8 Å². The van der Waals surface area contributed by atoms with E-state index >= 15 is 0 Å². The second-order valence-corrected chi connectivity index (χ2v) is 5.35. The number of halogens is 1. The number of rotatable bonds is 5. The first kappa shape index (κ1) is 16.5. The Labute approximate surface area is 134 Å². The summed E-state index contributed by atoms with van der Waals surface area (Å²) in [6.07, 6.45) is 3.24. The number of benzene rings is 1. The van der Waals surface area contributed by atoms with Gasteiger partial charge in [-0.25, -0.2) is 4.79 Å². The smallest absolute Gasteiger partial charge is 0.330 e. The lowest BCUT2D eigenvalue weighted by Gasteiger charge is -2.18. The highest BCUT2D eigenvalue weighted by atomic mass is 35.5. The van der Waals surface area contributed by atoms with Gasteiger partial charge in [-0.05, 0) is 24.1 Å². The van der Waals surface area contributed by atoms with Crippen LogP contribution in [0, 0.1) is 5.92 Å². The van der Waals surface area contributed by atoms with Crippen LogP contribution in [0.2, 0.25) is 5.02 Å². The molecular weight excluding hydrogens is 306 g/mol. The highest BCUT2D eigenvalue weighted by Crippen LogP contribution is 2.35. The van der Waals surface area contributed by atoms with E-state index in [1.165, 1.54) is 13.2 Å². The Morgan fingerprint density at radius 3 is 2.82 bits per heavy atom. The van der Waals surface area contributed by atoms with Crippen LogP contribution in [-0.4, -0.2) is 32.1 Å². The van der Waals surface area contributed by atoms with E-state index in [-0.39, 0.29) is 24.5 Å². The summed E-state index contributed by atoms with van der Waals surface area (Å²) < 4.78 is 10.2. The average molecular weight is 324 g/mol. The van der Waals surface area contributed by atoms with Crippen LogP contribution >= 0.6 is 11.6 Å². The molecule has 2 atom stereocenters. The van der Waals surface area contributed by atoms with Crippen molar-refractivity contribution in [3.05, 3.63) is 47.0 Å². The number of methoxy groups -OCH3 is 1. The number of hydrogen-bond acceptors (Lipinski definition) is 4. The van der Waals surface area contributed by atoms with E-state index in [1.807, 2.05) is 12.1 Å². The summed E-state index contributed by atoms with van der Waals surface area (Å²) in [6, 6.07) is 7.31. The molecule has 1 fully saturated rings. The molecule has 118 valence electrons. The number of ether oxygens (including phenoxy) is 2. The van der Waals surface area contributed by atoms with Gasteiger partial charge in [-0.15, -0.1) is 0 Å². The third-order valence-corrected chi connectivity index (χ3v) is 3.73. The minimum atomic E-state index is -0.447. The lowest BCUT2D eigenvalue weighted by Crippen LogP contribution is -2.32. The zero-order valence-electron chi connectivity index (χ0n) is 12.3. The van der Waals surface area contributed by atoms with Crippen LogP contribution < -0.4 is 5.32 Å². The SMILES string of the molecule is COC(=O)/C=C/CNC(=O)[C@@H]1CCO[C@H]1c1ccc(Cl)cc1. The molecule has 0 unspecified atom stereocenters. The van der Waals surface area contributed by atoms with E-state index in [2.05, 4.69) is 10.1 Å². The molecule has 0 aromatic heterocycles. The van der Waals surface area contributed by atoms with Crippen molar-refractivity contribution in [2.45, 2.75) is 12.5 Å². The van der Waals surface area contributed by atoms with E-state index in [4.69, 9.17) is 16.3 Å². The number of carbonyl (C=O) groups excluding carboxylic acids is 2. The van der Waals surface area contributed by atoms with Crippen molar-refractivity contribution in [3.63, 3.8) is 0 Å². The Bertz CT molecular complexity index is 556. The Kier molecular flexibility index (Phi) is 5.98. The van der Waals surface area contributed by atoms with Gasteiger partial charge >= 0.3 is 5.97 Å². The largest absolute Gasteiger partial charge is 0.466 e. The van der Waals surface area contributed by atoms with Gasteiger partial charge in [0.1, 0.15) is 0 Å². The number of carbonyl (C=O) groups is 2. The molecule has 1 saturated heterocycles. The Hall–Kier alpha value is -1.85. The standard InChI is InChI=1S/C16H18ClNO4/c1-21-14(19)3-2-9-18-16(20)13-8-10-22-15(13)11-4-6-12(17)7-5-11/h2-7,13,15H,8-10H2,1H3,(H,18,20)/b3-2+/t13-,15+/m1/s1. The topological polar surface area (TPSA) is 64.6 Å². The molecular formula is C16H18ClNO4. The zero-order chi connectivity index (χ0) is 15.9. The highest BCUT2D eigenvalue weighted by Gasteiger charge is 2.34. The van der Waals surface area contributed by atoms with Gasteiger partial charge in [0.2, 0.25) is 5.91 Å². The predicted molar refractivity (Wildman–Crippen MR) is 82.4 cm³/mol. The summed E-state index contributed by atoms with van der Waals surface area (Å²) in [5, 5.41) is 3.42. The predicted octanol–water partition coefficient (Wildman–Crippen LogP) is 2.26. The maximum Gasteiger partial charge on any atom is 0.330 e.